The molecular weight excluding hydrogens is 472 g/mol. The van der Waals surface area contributed by atoms with Gasteiger partial charge in [-0.05, 0) is 36.1 Å². The van der Waals surface area contributed by atoms with Crippen LogP contribution < -0.4 is 0 Å². The first-order valence-corrected chi connectivity index (χ1v) is 13.4. The summed E-state index contributed by atoms with van der Waals surface area (Å²) in [5, 5.41) is 47.2. The van der Waals surface area contributed by atoms with Crippen molar-refractivity contribution >= 4 is 6.08 Å². The molecule has 0 saturated carbocycles. The lowest BCUT2D eigenvalue weighted by atomic mass is 9.99. The van der Waals surface area contributed by atoms with E-state index < -0.39 is 37.3 Å². The van der Waals surface area contributed by atoms with Crippen LogP contribution in [0.2, 0.25) is 0 Å². The zero-order valence-electron chi connectivity index (χ0n) is 21.9. The Morgan fingerprint density at radius 3 is 2.11 bits per heavy atom. The Morgan fingerprint density at radius 2 is 1.46 bits per heavy atom. The molecule has 0 amide bonds. The SMILES string of the molecule is CCCCCCCCCc1ccc(O)cc1.OC[C@H]1O[C@@H](OC/C=C/c2ccccc2)[C@H](O)[C@@H](O)[C@@H]1O. The van der Waals surface area contributed by atoms with E-state index in [1.807, 2.05) is 48.5 Å². The normalized spacial score (nSPS) is 23.5. The van der Waals surface area contributed by atoms with Crippen LogP contribution in [0.5, 0.6) is 5.75 Å². The molecule has 7 heteroatoms. The Bertz CT molecular complexity index is 854. The molecule has 0 bridgehead atoms. The van der Waals surface area contributed by atoms with Gasteiger partial charge in [-0.1, -0.05) is 100 Å². The summed E-state index contributed by atoms with van der Waals surface area (Å²) in [5.41, 5.74) is 2.35. The van der Waals surface area contributed by atoms with Gasteiger partial charge >= 0.3 is 0 Å². The molecule has 5 atom stereocenters. The lowest BCUT2D eigenvalue weighted by Crippen LogP contribution is -2.59. The predicted octanol–water partition coefficient (Wildman–Crippen LogP) is 4.20. The molecule has 2 aromatic rings. The summed E-state index contributed by atoms with van der Waals surface area (Å²) in [7, 11) is 0. The molecule has 1 saturated heterocycles. The number of aliphatic hydroxyl groups is 4. The minimum atomic E-state index is -1.42. The molecule has 0 aromatic heterocycles. The second kappa shape index (κ2) is 18.1. The molecule has 0 aliphatic carbocycles. The molecule has 37 heavy (non-hydrogen) atoms. The average molecular weight is 517 g/mol. The number of hydrogen-bond donors (Lipinski definition) is 5. The lowest BCUT2D eigenvalue weighted by Gasteiger charge is -2.39. The number of benzene rings is 2. The van der Waals surface area contributed by atoms with Gasteiger partial charge in [0, 0.05) is 0 Å². The fourth-order valence-corrected chi connectivity index (χ4v) is 4.05. The van der Waals surface area contributed by atoms with E-state index in [0.717, 1.165) is 12.0 Å². The van der Waals surface area contributed by atoms with Crippen molar-refractivity contribution in [1.29, 1.82) is 0 Å². The Kier molecular flexibility index (Phi) is 15.1. The summed E-state index contributed by atoms with van der Waals surface area (Å²) < 4.78 is 10.5. The van der Waals surface area contributed by atoms with Crippen LogP contribution in [0.15, 0.2) is 60.7 Å². The maximum absolute atomic E-state index is 9.77. The van der Waals surface area contributed by atoms with Crippen molar-refractivity contribution in [3.05, 3.63) is 71.8 Å². The van der Waals surface area contributed by atoms with Gasteiger partial charge in [-0.2, -0.15) is 0 Å². The van der Waals surface area contributed by atoms with E-state index in [9.17, 15) is 15.3 Å². The molecular formula is C30H44O7. The minimum Gasteiger partial charge on any atom is -0.508 e. The van der Waals surface area contributed by atoms with Crippen molar-refractivity contribution in [1.82, 2.24) is 0 Å². The van der Waals surface area contributed by atoms with Gasteiger partial charge in [0.05, 0.1) is 13.2 Å². The number of aromatic hydroxyl groups is 1. The highest BCUT2D eigenvalue weighted by Gasteiger charge is 2.43. The maximum Gasteiger partial charge on any atom is 0.187 e. The Hall–Kier alpha value is -2.26. The quantitative estimate of drug-likeness (QED) is 0.253. The third-order valence-electron chi connectivity index (χ3n) is 6.32. The second-order valence-electron chi connectivity index (χ2n) is 9.38. The van der Waals surface area contributed by atoms with Crippen molar-refractivity contribution in [2.75, 3.05) is 13.2 Å². The van der Waals surface area contributed by atoms with Gasteiger partial charge in [-0.25, -0.2) is 0 Å². The fourth-order valence-electron chi connectivity index (χ4n) is 4.05. The second-order valence-corrected chi connectivity index (χ2v) is 9.38. The lowest BCUT2D eigenvalue weighted by molar-refractivity contribution is -0.298. The summed E-state index contributed by atoms with van der Waals surface area (Å²) in [6.07, 6.45) is 8.03. The Labute approximate surface area is 221 Å². The van der Waals surface area contributed by atoms with Crippen LogP contribution >= 0.6 is 0 Å². The van der Waals surface area contributed by atoms with Crippen LogP contribution in [-0.2, 0) is 15.9 Å². The summed E-state index contributed by atoms with van der Waals surface area (Å²) >= 11 is 0. The van der Waals surface area contributed by atoms with Gasteiger partial charge in [0.25, 0.3) is 0 Å². The number of phenols is 1. The van der Waals surface area contributed by atoms with Gasteiger partial charge in [0.2, 0.25) is 0 Å². The van der Waals surface area contributed by atoms with Crippen LogP contribution in [0.1, 0.15) is 63.0 Å². The van der Waals surface area contributed by atoms with Crippen LogP contribution in [-0.4, -0.2) is 69.5 Å². The smallest absolute Gasteiger partial charge is 0.187 e. The molecule has 3 rings (SSSR count). The number of hydrogen-bond acceptors (Lipinski definition) is 7. The fraction of sp³-hybridized carbons (Fsp3) is 0.533. The summed E-state index contributed by atoms with van der Waals surface area (Å²) in [5.74, 6) is 0.364. The topological polar surface area (TPSA) is 120 Å². The molecule has 1 aliphatic rings. The molecule has 1 aliphatic heterocycles. The largest absolute Gasteiger partial charge is 0.508 e. The van der Waals surface area contributed by atoms with Crippen LogP contribution in [0.25, 0.3) is 6.08 Å². The van der Waals surface area contributed by atoms with Gasteiger partial charge in [0.1, 0.15) is 30.2 Å². The van der Waals surface area contributed by atoms with Crippen LogP contribution in [0, 0.1) is 0 Å². The number of aryl methyl sites for hydroxylation is 1. The molecule has 1 heterocycles. The standard InChI is InChI=1S/C15H20O6.C15H24O/c16-9-11-12(17)13(18)14(19)15(21-11)20-8-4-7-10-5-2-1-3-6-10;1-2-3-4-5-6-7-8-9-14-10-12-15(16)13-11-14/h1-7,11-19H,8-9H2;10-13,16H,2-9H2,1H3/b7-4+;/t11-,12-,13+,14-,15-;/m1./s1. The number of rotatable bonds is 13. The first-order chi connectivity index (χ1) is 18.0. The van der Waals surface area contributed by atoms with Crippen molar-refractivity contribution in [3.63, 3.8) is 0 Å². The first kappa shape index (κ1) is 31.0. The van der Waals surface area contributed by atoms with Gasteiger partial charge in [0.15, 0.2) is 6.29 Å². The number of ether oxygens (including phenoxy) is 2. The molecule has 5 N–H and O–H groups in total. The van der Waals surface area contributed by atoms with Gasteiger partial charge in [-0.15, -0.1) is 0 Å². The molecule has 2 aromatic carbocycles. The molecule has 206 valence electrons. The third-order valence-corrected chi connectivity index (χ3v) is 6.32. The van der Waals surface area contributed by atoms with Crippen LogP contribution in [0.3, 0.4) is 0 Å². The molecule has 0 spiro atoms. The van der Waals surface area contributed by atoms with Crippen molar-refractivity contribution in [2.24, 2.45) is 0 Å². The van der Waals surface area contributed by atoms with Crippen molar-refractivity contribution < 1.29 is 35.0 Å². The highest BCUT2D eigenvalue weighted by molar-refractivity contribution is 5.48. The third kappa shape index (κ3) is 11.8. The number of phenolic OH excluding ortho intramolecular Hbond substituents is 1. The Balaban J connectivity index is 0.000000271. The van der Waals surface area contributed by atoms with Crippen molar-refractivity contribution in [2.45, 2.75) is 89.0 Å². The number of aliphatic hydroxyl groups excluding tert-OH is 4. The molecule has 7 nitrogen and oxygen atoms in total. The van der Waals surface area contributed by atoms with E-state index in [2.05, 4.69) is 6.92 Å². The molecule has 0 unspecified atom stereocenters. The molecule has 0 radical (unpaired) electrons. The predicted molar refractivity (Wildman–Crippen MR) is 145 cm³/mol. The highest BCUT2D eigenvalue weighted by Crippen LogP contribution is 2.22. The minimum absolute atomic E-state index is 0.164. The van der Waals surface area contributed by atoms with Crippen molar-refractivity contribution in [3.8, 4) is 5.75 Å². The summed E-state index contributed by atoms with van der Waals surface area (Å²) in [4.78, 5) is 0. The van der Waals surface area contributed by atoms with E-state index >= 15 is 0 Å². The monoisotopic (exact) mass is 516 g/mol. The maximum atomic E-state index is 9.77. The van der Waals surface area contributed by atoms with E-state index in [0.29, 0.717) is 5.75 Å². The summed E-state index contributed by atoms with van der Waals surface area (Å²) in [6, 6.07) is 17.2. The van der Waals surface area contributed by atoms with E-state index in [4.69, 9.17) is 19.7 Å². The van der Waals surface area contributed by atoms with E-state index in [1.54, 1.807) is 18.2 Å². The van der Waals surface area contributed by atoms with Gasteiger partial charge in [-0.3, -0.25) is 0 Å². The zero-order valence-corrected chi connectivity index (χ0v) is 21.9. The average Bonchev–Trinajstić information content (AvgIpc) is 2.92. The molecule has 1 fully saturated rings. The van der Waals surface area contributed by atoms with E-state index in [1.165, 1.54) is 50.5 Å². The highest BCUT2D eigenvalue weighted by atomic mass is 16.7. The zero-order chi connectivity index (χ0) is 26.9. The summed E-state index contributed by atoms with van der Waals surface area (Å²) in [6.45, 7) is 1.95. The van der Waals surface area contributed by atoms with Gasteiger partial charge < -0.3 is 35.0 Å². The Morgan fingerprint density at radius 1 is 0.811 bits per heavy atom. The van der Waals surface area contributed by atoms with E-state index in [-0.39, 0.29) is 6.61 Å². The number of unbranched alkanes of at least 4 members (excludes halogenated alkanes) is 6. The van der Waals surface area contributed by atoms with Crippen LogP contribution in [0.4, 0.5) is 0 Å². The first-order valence-electron chi connectivity index (χ1n) is 13.4.